The third kappa shape index (κ3) is 2.69. The number of hydrogen-bond donors (Lipinski definition) is 0. The van der Waals surface area contributed by atoms with Gasteiger partial charge in [-0.3, -0.25) is 9.36 Å². The second kappa shape index (κ2) is 6.55. The number of carbonyl (C=O) groups excluding carboxylic acids is 1. The molecule has 0 aliphatic heterocycles. The molecule has 0 amide bonds. The van der Waals surface area contributed by atoms with Gasteiger partial charge in [0.25, 0.3) is 5.91 Å². The smallest absolute Gasteiger partial charge is 0.262 e. The summed E-state index contributed by atoms with van der Waals surface area (Å²) >= 11 is 0. The number of rotatable bonds is 2. The maximum absolute atomic E-state index is 13.4. The molecule has 0 saturated heterocycles. The monoisotopic (exact) mass is 351 g/mol. The van der Waals surface area contributed by atoms with Crippen LogP contribution in [0.3, 0.4) is 0 Å². The zero-order valence-corrected chi connectivity index (χ0v) is 15.2. The number of aromatic nitrogens is 1. The second-order valence-electron chi connectivity index (χ2n) is 7.23. The van der Waals surface area contributed by atoms with E-state index in [-0.39, 0.29) is 5.91 Å². The van der Waals surface area contributed by atoms with Gasteiger partial charge in [-0.2, -0.15) is 0 Å². The summed E-state index contributed by atoms with van der Waals surface area (Å²) < 4.78 is 1.96. The van der Waals surface area contributed by atoms with E-state index in [1.54, 1.807) is 0 Å². The molecule has 5 rings (SSSR count). The Morgan fingerprint density at radius 3 is 2.19 bits per heavy atom. The van der Waals surface area contributed by atoms with Crippen LogP contribution < -0.4 is 0 Å². The van der Waals surface area contributed by atoms with Gasteiger partial charge >= 0.3 is 0 Å². The van der Waals surface area contributed by atoms with Crippen LogP contribution in [0.25, 0.3) is 22.0 Å². The first-order valence-electron chi connectivity index (χ1n) is 9.64. The number of aryl methyl sites for hydroxylation is 1. The molecule has 1 heterocycles. The molecule has 0 radical (unpaired) electrons. The average molecular weight is 351 g/mol. The standard InChI is InChI=1S/C25H21NO/c27-25(20-16-14-19(15-17-20)18-8-2-1-3-9-18)26-23-12-6-4-10-21(23)22-11-5-7-13-24(22)26/h1-4,6,8-10,12,14-17H,5,7,11,13H2. The van der Waals surface area contributed by atoms with Crippen LogP contribution in [-0.4, -0.2) is 10.5 Å². The summed E-state index contributed by atoms with van der Waals surface area (Å²) in [6.45, 7) is 0. The molecule has 0 N–H and O–H groups in total. The Morgan fingerprint density at radius 1 is 0.704 bits per heavy atom. The quantitative estimate of drug-likeness (QED) is 0.442. The van der Waals surface area contributed by atoms with Crippen molar-refractivity contribution in [3.63, 3.8) is 0 Å². The fourth-order valence-electron chi connectivity index (χ4n) is 4.29. The summed E-state index contributed by atoms with van der Waals surface area (Å²) in [5.41, 5.74) is 6.66. The summed E-state index contributed by atoms with van der Waals surface area (Å²) in [6, 6.07) is 26.6. The molecule has 0 atom stereocenters. The van der Waals surface area contributed by atoms with E-state index in [4.69, 9.17) is 0 Å². The lowest BCUT2D eigenvalue weighted by Gasteiger charge is -2.15. The molecule has 132 valence electrons. The van der Waals surface area contributed by atoms with Crippen LogP contribution in [0.15, 0.2) is 78.9 Å². The molecular weight excluding hydrogens is 330 g/mol. The van der Waals surface area contributed by atoms with Crippen molar-refractivity contribution in [1.29, 1.82) is 0 Å². The molecule has 1 aromatic heterocycles. The summed E-state index contributed by atoms with van der Waals surface area (Å²) in [5, 5.41) is 1.24. The van der Waals surface area contributed by atoms with Gasteiger partial charge in [0.05, 0.1) is 5.52 Å². The molecule has 0 fully saturated rings. The summed E-state index contributed by atoms with van der Waals surface area (Å²) in [4.78, 5) is 13.4. The highest BCUT2D eigenvalue weighted by molar-refractivity contribution is 6.04. The fourth-order valence-corrected chi connectivity index (χ4v) is 4.29. The van der Waals surface area contributed by atoms with Crippen LogP contribution in [0.2, 0.25) is 0 Å². The first-order chi connectivity index (χ1) is 13.3. The van der Waals surface area contributed by atoms with Crippen molar-refractivity contribution in [2.45, 2.75) is 25.7 Å². The van der Waals surface area contributed by atoms with Crippen molar-refractivity contribution in [2.75, 3.05) is 0 Å². The van der Waals surface area contributed by atoms with E-state index in [0.29, 0.717) is 0 Å². The lowest BCUT2D eigenvalue weighted by Crippen LogP contribution is -2.17. The first-order valence-corrected chi connectivity index (χ1v) is 9.64. The van der Waals surface area contributed by atoms with Crippen LogP contribution in [0, 0.1) is 0 Å². The van der Waals surface area contributed by atoms with Gasteiger partial charge in [0, 0.05) is 16.6 Å². The molecule has 27 heavy (non-hydrogen) atoms. The lowest BCUT2D eigenvalue weighted by molar-refractivity contribution is 0.0961. The van der Waals surface area contributed by atoms with Gasteiger partial charge in [0.1, 0.15) is 0 Å². The van der Waals surface area contributed by atoms with Crippen LogP contribution in [0.5, 0.6) is 0 Å². The predicted octanol–water partition coefficient (Wildman–Crippen LogP) is 5.88. The maximum Gasteiger partial charge on any atom is 0.262 e. The predicted molar refractivity (Wildman–Crippen MR) is 110 cm³/mol. The van der Waals surface area contributed by atoms with Crippen molar-refractivity contribution in [3.05, 3.63) is 95.7 Å². The molecule has 0 bridgehead atoms. The zero-order chi connectivity index (χ0) is 18.2. The minimum atomic E-state index is 0.0777. The molecule has 2 heteroatoms. The highest BCUT2D eigenvalue weighted by atomic mass is 16.2. The molecule has 0 saturated carbocycles. The number of carbonyl (C=O) groups is 1. The Morgan fingerprint density at radius 2 is 1.37 bits per heavy atom. The van der Waals surface area contributed by atoms with E-state index >= 15 is 0 Å². The third-order valence-corrected chi connectivity index (χ3v) is 5.62. The van der Waals surface area contributed by atoms with E-state index < -0.39 is 0 Å². The normalized spacial score (nSPS) is 13.5. The van der Waals surface area contributed by atoms with E-state index in [1.807, 2.05) is 53.1 Å². The maximum atomic E-state index is 13.4. The van der Waals surface area contributed by atoms with E-state index in [1.165, 1.54) is 28.6 Å². The largest absolute Gasteiger partial charge is 0.280 e. The summed E-state index contributed by atoms with van der Waals surface area (Å²) in [5.74, 6) is 0.0777. The molecule has 2 nitrogen and oxygen atoms in total. The van der Waals surface area contributed by atoms with Gasteiger partial charge in [-0.1, -0.05) is 60.7 Å². The minimum absolute atomic E-state index is 0.0777. The third-order valence-electron chi connectivity index (χ3n) is 5.62. The van der Waals surface area contributed by atoms with E-state index in [9.17, 15) is 4.79 Å². The zero-order valence-electron chi connectivity index (χ0n) is 15.2. The number of nitrogens with zero attached hydrogens (tertiary/aromatic N) is 1. The molecule has 3 aromatic carbocycles. The average Bonchev–Trinajstić information content (AvgIpc) is 3.08. The molecule has 1 aliphatic rings. The number of hydrogen-bond acceptors (Lipinski definition) is 1. The number of para-hydroxylation sites is 1. The van der Waals surface area contributed by atoms with Crippen molar-refractivity contribution in [3.8, 4) is 11.1 Å². The van der Waals surface area contributed by atoms with Gasteiger partial charge in [-0.15, -0.1) is 0 Å². The highest BCUT2D eigenvalue weighted by Crippen LogP contribution is 2.33. The fraction of sp³-hybridized carbons (Fsp3) is 0.160. The Kier molecular flexibility index (Phi) is 3.90. The van der Waals surface area contributed by atoms with Gasteiger partial charge < -0.3 is 0 Å². The molecule has 0 unspecified atom stereocenters. The lowest BCUT2D eigenvalue weighted by atomic mass is 9.95. The van der Waals surface area contributed by atoms with Crippen LogP contribution in [0.4, 0.5) is 0 Å². The van der Waals surface area contributed by atoms with Crippen LogP contribution >= 0.6 is 0 Å². The van der Waals surface area contributed by atoms with E-state index in [0.717, 1.165) is 35.9 Å². The topological polar surface area (TPSA) is 22.0 Å². The Bertz CT molecular complexity index is 1120. The Labute approximate surface area is 159 Å². The SMILES string of the molecule is O=C(c1ccc(-c2ccccc2)cc1)n1c2c(c3ccccc31)CCCC2. The molecule has 1 aliphatic carbocycles. The second-order valence-corrected chi connectivity index (χ2v) is 7.23. The number of benzene rings is 3. The van der Waals surface area contributed by atoms with Crippen molar-refractivity contribution < 1.29 is 4.79 Å². The van der Waals surface area contributed by atoms with Crippen molar-refractivity contribution >= 4 is 16.8 Å². The van der Waals surface area contributed by atoms with Gasteiger partial charge in [-0.05, 0) is 60.6 Å². The van der Waals surface area contributed by atoms with Crippen molar-refractivity contribution in [2.24, 2.45) is 0 Å². The van der Waals surface area contributed by atoms with Crippen LogP contribution in [-0.2, 0) is 12.8 Å². The van der Waals surface area contributed by atoms with Gasteiger partial charge in [0.15, 0.2) is 0 Å². The Hall–Kier alpha value is -3.13. The molecule has 0 spiro atoms. The van der Waals surface area contributed by atoms with Gasteiger partial charge in [-0.25, -0.2) is 0 Å². The number of fused-ring (bicyclic) bond motifs is 3. The highest BCUT2D eigenvalue weighted by Gasteiger charge is 2.23. The first kappa shape index (κ1) is 16.1. The van der Waals surface area contributed by atoms with Gasteiger partial charge in [0.2, 0.25) is 0 Å². The van der Waals surface area contributed by atoms with Crippen LogP contribution in [0.1, 0.15) is 34.5 Å². The summed E-state index contributed by atoms with van der Waals surface area (Å²) in [7, 11) is 0. The molecule has 4 aromatic rings. The van der Waals surface area contributed by atoms with E-state index in [2.05, 4.69) is 30.3 Å². The summed E-state index contributed by atoms with van der Waals surface area (Å²) in [6.07, 6.45) is 4.42. The van der Waals surface area contributed by atoms with Crippen molar-refractivity contribution in [1.82, 2.24) is 4.57 Å². The molecular formula is C25H21NO. The minimum Gasteiger partial charge on any atom is -0.280 e. The Balaban J connectivity index is 1.59.